The van der Waals surface area contributed by atoms with Crippen LogP contribution in [0.4, 0.5) is 4.39 Å². The topological polar surface area (TPSA) is 69.7 Å². The first-order valence-electron chi connectivity index (χ1n) is 6.11. The molecule has 5 nitrogen and oxygen atoms in total. The molecule has 118 valence electrons. The summed E-state index contributed by atoms with van der Waals surface area (Å²) in [6.45, 7) is 5.38. The molecular weight excluding hydrogens is 323 g/mol. The van der Waals surface area contributed by atoms with Crippen LogP contribution in [-0.2, 0) is 13.8 Å². The van der Waals surface area contributed by atoms with Gasteiger partial charge in [-0.05, 0) is 25.0 Å². The summed E-state index contributed by atoms with van der Waals surface area (Å²) in [5.41, 5.74) is -0.250. The van der Waals surface area contributed by atoms with Gasteiger partial charge >= 0.3 is 5.97 Å². The second-order valence-electron chi connectivity index (χ2n) is 4.78. The molecule has 21 heavy (non-hydrogen) atoms. The molecule has 0 aliphatic carbocycles. The number of carbonyl (C=O) groups excluding carboxylic acids is 1. The van der Waals surface area contributed by atoms with Crippen molar-refractivity contribution in [3.63, 3.8) is 0 Å². The summed E-state index contributed by atoms with van der Waals surface area (Å²) in [5.74, 6) is -2.32. The molecule has 1 aromatic carbocycles. The molecule has 0 radical (unpaired) electrons. The van der Waals surface area contributed by atoms with Crippen LogP contribution >= 0.6 is 10.7 Å². The first-order valence-corrected chi connectivity index (χ1v) is 8.42. The van der Waals surface area contributed by atoms with Gasteiger partial charge in [-0.2, -0.15) is 0 Å². The Hall–Kier alpha value is -1.34. The van der Waals surface area contributed by atoms with Crippen molar-refractivity contribution in [2.45, 2.75) is 31.8 Å². The lowest BCUT2D eigenvalue weighted by atomic mass is 10.1. The maximum Gasteiger partial charge on any atom is 0.338 e. The number of hydrogen-bond donors (Lipinski definition) is 0. The smallest absolute Gasteiger partial charge is 0.338 e. The van der Waals surface area contributed by atoms with Gasteiger partial charge in [-0.3, -0.25) is 0 Å². The van der Waals surface area contributed by atoms with Crippen molar-refractivity contribution in [2.75, 3.05) is 7.11 Å². The number of rotatable bonds is 5. The van der Waals surface area contributed by atoms with Crippen molar-refractivity contribution < 1.29 is 27.1 Å². The zero-order valence-electron chi connectivity index (χ0n) is 12.0. The fourth-order valence-electron chi connectivity index (χ4n) is 1.44. The van der Waals surface area contributed by atoms with Crippen LogP contribution in [0.2, 0.25) is 0 Å². The molecule has 1 aromatic rings. The molecule has 0 aliphatic rings. The van der Waals surface area contributed by atoms with Gasteiger partial charge in [0.15, 0.2) is 11.6 Å². The van der Waals surface area contributed by atoms with Gasteiger partial charge in [0, 0.05) is 10.7 Å². The zero-order valence-corrected chi connectivity index (χ0v) is 13.6. The summed E-state index contributed by atoms with van der Waals surface area (Å²) in [6, 6.07) is 1.78. The van der Waals surface area contributed by atoms with Gasteiger partial charge in [-0.15, -0.1) is 0 Å². The van der Waals surface area contributed by atoms with E-state index in [4.69, 9.17) is 15.4 Å². The van der Waals surface area contributed by atoms with Gasteiger partial charge in [-0.25, -0.2) is 17.6 Å². The lowest BCUT2D eigenvalue weighted by Gasteiger charge is -2.17. The van der Waals surface area contributed by atoms with Crippen LogP contribution < -0.4 is 4.74 Å². The van der Waals surface area contributed by atoms with Gasteiger partial charge in [0.2, 0.25) is 0 Å². The molecular formula is C13H16ClFO5S. The van der Waals surface area contributed by atoms with Crippen molar-refractivity contribution in [1.29, 1.82) is 0 Å². The van der Waals surface area contributed by atoms with E-state index >= 15 is 0 Å². The van der Waals surface area contributed by atoms with E-state index in [9.17, 15) is 17.6 Å². The Morgan fingerprint density at radius 1 is 1.29 bits per heavy atom. The highest BCUT2D eigenvalue weighted by atomic mass is 35.7. The van der Waals surface area contributed by atoms with E-state index in [1.807, 2.05) is 13.8 Å². The molecule has 0 bridgehead atoms. The number of carbonyl (C=O) groups is 1. The molecule has 0 heterocycles. The predicted octanol–water partition coefficient (Wildman–Crippen LogP) is 2.96. The zero-order chi connectivity index (χ0) is 16.4. The SMILES string of the molecule is COc1c(F)cc(C(=O)OC(C)C(C)C)cc1S(=O)(=O)Cl. The Morgan fingerprint density at radius 2 is 1.86 bits per heavy atom. The van der Waals surface area contributed by atoms with Crippen LogP contribution in [0.1, 0.15) is 31.1 Å². The highest BCUT2D eigenvalue weighted by molar-refractivity contribution is 8.13. The molecule has 0 aromatic heterocycles. The summed E-state index contributed by atoms with van der Waals surface area (Å²) in [7, 11) is 2.05. The minimum atomic E-state index is -4.27. The Kier molecular flexibility index (Phi) is 5.58. The van der Waals surface area contributed by atoms with E-state index in [1.165, 1.54) is 0 Å². The second kappa shape index (κ2) is 6.62. The second-order valence-corrected chi connectivity index (χ2v) is 7.32. The number of methoxy groups -OCH3 is 1. The van der Waals surface area contributed by atoms with E-state index in [2.05, 4.69) is 4.74 Å². The molecule has 0 spiro atoms. The van der Waals surface area contributed by atoms with Crippen LogP contribution in [0.25, 0.3) is 0 Å². The maximum atomic E-state index is 13.8. The highest BCUT2D eigenvalue weighted by Crippen LogP contribution is 2.31. The number of hydrogen-bond acceptors (Lipinski definition) is 5. The Morgan fingerprint density at radius 3 is 2.29 bits per heavy atom. The first-order chi connectivity index (χ1) is 9.57. The standard InChI is InChI=1S/C13H16ClFO5S/c1-7(2)8(3)20-13(16)9-5-10(15)12(19-4)11(6-9)21(14,17)18/h5-8H,1-4H3. The molecule has 8 heteroatoms. The average Bonchev–Trinajstić information content (AvgIpc) is 2.36. The van der Waals surface area contributed by atoms with Crippen LogP contribution in [0, 0.1) is 11.7 Å². The fraction of sp³-hybridized carbons (Fsp3) is 0.462. The molecule has 1 atom stereocenters. The van der Waals surface area contributed by atoms with Crippen molar-refractivity contribution in [2.24, 2.45) is 5.92 Å². The summed E-state index contributed by atoms with van der Waals surface area (Å²) in [4.78, 5) is 11.3. The van der Waals surface area contributed by atoms with Gasteiger partial charge in [-0.1, -0.05) is 13.8 Å². The van der Waals surface area contributed by atoms with Gasteiger partial charge in [0.05, 0.1) is 12.7 Å². The van der Waals surface area contributed by atoms with Crippen LogP contribution in [-0.4, -0.2) is 27.6 Å². The van der Waals surface area contributed by atoms with Crippen molar-refractivity contribution in [3.05, 3.63) is 23.5 Å². The third-order valence-electron chi connectivity index (χ3n) is 2.94. The van der Waals surface area contributed by atoms with E-state index in [0.29, 0.717) is 0 Å². The lowest BCUT2D eigenvalue weighted by Crippen LogP contribution is -2.20. The summed E-state index contributed by atoms with van der Waals surface area (Å²) < 4.78 is 46.5. The number of halogens is 2. The molecule has 0 amide bonds. The van der Waals surface area contributed by atoms with E-state index in [0.717, 1.165) is 19.2 Å². The number of esters is 1. The molecule has 0 aliphatic heterocycles. The molecule has 1 rings (SSSR count). The van der Waals surface area contributed by atoms with Crippen LogP contribution in [0.3, 0.4) is 0 Å². The van der Waals surface area contributed by atoms with Crippen LogP contribution in [0.15, 0.2) is 17.0 Å². The van der Waals surface area contributed by atoms with Crippen molar-refractivity contribution in [3.8, 4) is 5.75 Å². The van der Waals surface area contributed by atoms with E-state index < -0.39 is 37.6 Å². The quantitative estimate of drug-likeness (QED) is 0.609. The fourth-order valence-corrected chi connectivity index (χ4v) is 2.45. The van der Waals surface area contributed by atoms with Crippen LogP contribution in [0.5, 0.6) is 5.75 Å². The Labute approximate surface area is 127 Å². The average molecular weight is 339 g/mol. The molecule has 0 N–H and O–H groups in total. The maximum absolute atomic E-state index is 13.8. The van der Waals surface area contributed by atoms with Gasteiger partial charge < -0.3 is 9.47 Å². The lowest BCUT2D eigenvalue weighted by molar-refractivity contribution is 0.0237. The third-order valence-corrected chi connectivity index (χ3v) is 4.27. The Bertz CT molecular complexity index is 642. The predicted molar refractivity (Wildman–Crippen MR) is 75.7 cm³/mol. The molecule has 0 saturated carbocycles. The largest absolute Gasteiger partial charge is 0.492 e. The van der Waals surface area contributed by atoms with Gasteiger partial charge in [0.1, 0.15) is 11.0 Å². The van der Waals surface area contributed by atoms with E-state index in [1.54, 1.807) is 6.92 Å². The van der Waals surface area contributed by atoms with Crippen molar-refractivity contribution in [1.82, 2.24) is 0 Å². The van der Waals surface area contributed by atoms with E-state index in [-0.39, 0.29) is 11.5 Å². The number of benzene rings is 1. The normalized spacial score (nSPS) is 13.1. The van der Waals surface area contributed by atoms with Gasteiger partial charge in [0.25, 0.3) is 9.05 Å². The molecule has 0 saturated heterocycles. The minimum absolute atomic E-state index is 0.0632. The minimum Gasteiger partial charge on any atom is -0.492 e. The summed E-state index contributed by atoms with van der Waals surface area (Å²) in [6.07, 6.45) is -0.404. The molecule has 1 unspecified atom stereocenters. The first kappa shape index (κ1) is 17.7. The monoisotopic (exact) mass is 338 g/mol. The Balaban J connectivity index is 3.28. The third kappa shape index (κ3) is 4.31. The molecule has 0 fully saturated rings. The van der Waals surface area contributed by atoms with Crippen molar-refractivity contribution >= 4 is 25.7 Å². The highest BCUT2D eigenvalue weighted by Gasteiger charge is 2.25. The number of ether oxygens (including phenoxy) is 2. The summed E-state index contributed by atoms with van der Waals surface area (Å²) >= 11 is 0. The summed E-state index contributed by atoms with van der Waals surface area (Å²) in [5, 5.41) is 0.